The maximum absolute atomic E-state index is 13.7. The van der Waals surface area contributed by atoms with Crippen molar-refractivity contribution >= 4 is 17.8 Å². The van der Waals surface area contributed by atoms with Crippen LogP contribution >= 0.6 is 0 Å². The molecule has 0 saturated heterocycles. The van der Waals surface area contributed by atoms with Crippen LogP contribution in [0.5, 0.6) is 0 Å². The first-order valence-electron chi connectivity index (χ1n) is 15.2. The van der Waals surface area contributed by atoms with Crippen molar-refractivity contribution < 1.29 is 29.7 Å². The van der Waals surface area contributed by atoms with Gasteiger partial charge in [0.1, 0.15) is 6.10 Å². The molecule has 5 N–H and O–H groups in total. The van der Waals surface area contributed by atoms with Gasteiger partial charge < -0.3 is 26.0 Å². The molecular weight excluding hydrogens is 484 g/mol. The molecule has 0 radical (unpaired) electrons. The Labute approximate surface area is 229 Å². The number of carboxylic acids is 1. The third-order valence-electron chi connectivity index (χ3n) is 9.25. The highest BCUT2D eigenvalue weighted by Gasteiger charge is 2.50. The van der Waals surface area contributed by atoms with E-state index in [1.165, 1.54) is 38.5 Å². The van der Waals surface area contributed by atoms with E-state index < -0.39 is 40.3 Å². The van der Waals surface area contributed by atoms with Crippen molar-refractivity contribution in [1.82, 2.24) is 10.6 Å². The summed E-state index contributed by atoms with van der Waals surface area (Å²) in [4.78, 5) is 38.8. The van der Waals surface area contributed by atoms with Crippen LogP contribution in [0.2, 0.25) is 0 Å². The molecule has 0 aromatic heterocycles. The summed E-state index contributed by atoms with van der Waals surface area (Å²) < 4.78 is 0. The molecule has 2 fully saturated rings. The van der Waals surface area contributed by atoms with Crippen LogP contribution in [0.1, 0.15) is 130 Å². The fourth-order valence-electron chi connectivity index (χ4n) is 6.15. The highest BCUT2D eigenvalue weighted by atomic mass is 16.4. The number of carbonyl (C=O) groups excluding carboxylic acids is 2. The fraction of sp³-hybridized carbons (Fsp3) is 0.900. The van der Waals surface area contributed by atoms with Crippen LogP contribution < -0.4 is 10.6 Å². The van der Waals surface area contributed by atoms with Gasteiger partial charge in [-0.05, 0) is 32.1 Å². The predicted molar refractivity (Wildman–Crippen MR) is 148 cm³/mol. The Balaban J connectivity index is 2.04. The van der Waals surface area contributed by atoms with E-state index in [9.17, 15) is 29.7 Å². The first kappa shape index (κ1) is 32.5. The SMILES string of the molecule is CCCCCCCCCCC1(C(=O)NC2(C(CNC(=O)C(O)C(C)(C)CO)C(=O)O)CCCCC2)CCC1. The molecule has 2 atom stereocenters. The van der Waals surface area contributed by atoms with E-state index in [2.05, 4.69) is 17.6 Å². The van der Waals surface area contributed by atoms with Crippen LogP contribution in [-0.2, 0) is 14.4 Å². The predicted octanol–water partition coefficient (Wildman–Crippen LogP) is 4.70. The van der Waals surface area contributed by atoms with Gasteiger partial charge in [-0.3, -0.25) is 14.4 Å². The Kier molecular flexibility index (Phi) is 13.0. The van der Waals surface area contributed by atoms with Crippen LogP contribution in [0.4, 0.5) is 0 Å². The van der Waals surface area contributed by atoms with Crippen LogP contribution in [0.25, 0.3) is 0 Å². The number of carbonyl (C=O) groups is 3. The van der Waals surface area contributed by atoms with E-state index >= 15 is 0 Å². The molecule has 220 valence electrons. The Bertz CT molecular complexity index is 758. The molecule has 8 heteroatoms. The third kappa shape index (κ3) is 8.67. The van der Waals surface area contributed by atoms with Gasteiger partial charge >= 0.3 is 5.97 Å². The number of aliphatic carboxylic acids is 1. The lowest BCUT2D eigenvalue weighted by Gasteiger charge is -2.47. The molecule has 0 aromatic rings. The highest BCUT2D eigenvalue weighted by molar-refractivity contribution is 5.86. The molecule has 2 aliphatic rings. The Morgan fingerprint density at radius 1 is 0.868 bits per heavy atom. The monoisotopic (exact) mass is 538 g/mol. The molecule has 2 saturated carbocycles. The summed E-state index contributed by atoms with van der Waals surface area (Å²) in [6, 6.07) is 0. The van der Waals surface area contributed by atoms with Crippen molar-refractivity contribution in [3.63, 3.8) is 0 Å². The topological polar surface area (TPSA) is 136 Å². The second kappa shape index (κ2) is 15.2. The minimum Gasteiger partial charge on any atom is -0.481 e. The number of carboxylic acid groups (broad SMARTS) is 1. The van der Waals surface area contributed by atoms with Crippen LogP contribution in [0.3, 0.4) is 0 Å². The van der Waals surface area contributed by atoms with Crippen LogP contribution in [0.15, 0.2) is 0 Å². The zero-order valence-corrected chi connectivity index (χ0v) is 24.2. The number of hydrogen-bond donors (Lipinski definition) is 5. The Morgan fingerprint density at radius 2 is 1.45 bits per heavy atom. The van der Waals surface area contributed by atoms with E-state index in [4.69, 9.17) is 0 Å². The smallest absolute Gasteiger partial charge is 0.310 e. The maximum atomic E-state index is 13.7. The first-order valence-corrected chi connectivity index (χ1v) is 15.2. The summed E-state index contributed by atoms with van der Waals surface area (Å²) in [7, 11) is 0. The van der Waals surface area contributed by atoms with E-state index in [0.717, 1.165) is 57.8 Å². The molecule has 2 aliphatic carbocycles. The van der Waals surface area contributed by atoms with E-state index in [1.54, 1.807) is 13.8 Å². The van der Waals surface area contributed by atoms with Crippen molar-refractivity contribution in [1.29, 1.82) is 0 Å². The Morgan fingerprint density at radius 3 is 1.95 bits per heavy atom. The maximum Gasteiger partial charge on any atom is 0.310 e. The van der Waals surface area contributed by atoms with Gasteiger partial charge in [0, 0.05) is 17.4 Å². The normalized spacial score (nSPS) is 20.1. The van der Waals surface area contributed by atoms with Crippen LogP contribution in [-0.4, -0.2) is 57.9 Å². The van der Waals surface area contributed by atoms with Gasteiger partial charge in [0.05, 0.1) is 18.1 Å². The number of amides is 2. The molecule has 38 heavy (non-hydrogen) atoms. The quantitative estimate of drug-likeness (QED) is 0.160. The first-order chi connectivity index (χ1) is 18.0. The lowest BCUT2D eigenvalue weighted by Crippen LogP contribution is -2.63. The molecule has 2 rings (SSSR count). The summed E-state index contributed by atoms with van der Waals surface area (Å²) in [5.41, 5.74) is -2.38. The van der Waals surface area contributed by atoms with Crippen LogP contribution in [0, 0.1) is 16.7 Å². The van der Waals surface area contributed by atoms with Gasteiger partial charge in [0.25, 0.3) is 0 Å². The summed E-state index contributed by atoms with van der Waals surface area (Å²) in [6.07, 6.45) is 15.6. The highest BCUT2D eigenvalue weighted by Crippen LogP contribution is 2.47. The summed E-state index contributed by atoms with van der Waals surface area (Å²) in [5.74, 6) is -2.79. The average Bonchev–Trinajstić information content (AvgIpc) is 2.86. The number of unbranched alkanes of at least 4 members (excludes halogenated alkanes) is 7. The summed E-state index contributed by atoms with van der Waals surface area (Å²) in [6.45, 7) is 4.79. The molecular formula is C30H54N2O6. The number of aliphatic hydroxyl groups excluding tert-OH is 2. The van der Waals surface area contributed by atoms with Gasteiger partial charge in [0.2, 0.25) is 11.8 Å². The molecule has 0 bridgehead atoms. The second-order valence-corrected chi connectivity index (χ2v) is 12.7. The van der Waals surface area contributed by atoms with E-state index in [0.29, 0.717) is 12.8 Å². The number of aliphatic hydroxyl groups is 2. The molecule has 8 nitrogen and oxygen atoms in total. The van der Waals surface area contributed by atoms with Crippen molar-refractivity contribution in [2.75, 3.05) is 13.2 Å². The summed E-state index contributed by atoms with van der Waals surface area (Å²) >= 11 is 0. The molecule has 0 aliphatic heterocycles. The zero-order valence-electron chi connectivity index (χ0n) is 24.2. The molecule has 0 spiro atoms. The lowest BCUT2D eigenvalue weighted by atomic mass is 9.64. The lowest BCUT2D eigenvalue weighted by molar-refractivity contribution is -0.149. The van der Waals surface area contributed by atoms with Gasteiger partial charge in [-0.25, -0.2) is 0 Å². The Hall–Kier alpha value is -1.67. The van der Waals surface area contributed by atoms with Crippen molar-refractivity contribution in [2.24, 2.45) is 16.7 Å². The summed E-state index contributed by atoms with van der Waals surface area (Å²) in [5, 5.41) is 35.9. The minimum atomic E-state index is -1.47. The van der Waals surface area contributed by atoms with Gasteiger partial charge in [-0.2, -0.15) is 0 Å². The second-order valence-electron chi connectivity index (χ2n) is 12.7. The molecule has 0 aromatic carbocycles. The molecule has 2 unspecified atom stereocenters. The third-order valence-corrected chi connectivity index (χ3v) is 9.25. The average molecular weight is 539 g/mol. The van der Waals surface area contributed by atoms with Crippen molar-refractivity contribution in [2.45, 2.75) is 142 Å². The van der Waals surface area contributed by atoms with Gasteiger partial charge in [-0.15, -0.1) is 0 Å². The number of hydrogen-bond acceptors (Lipinski definition) is 5. The standard InChI is InChI=1S/C30H54N2O6/c1-4-5-6-7-8-9-10-12-16-29(17-15-18-29)27(38)32-30(19-13-11-14-20-30)23(26(36)37)21-31-25(35)24(34)28(2,3)22-33/h23-24,33-34H,4-22H2,1-3H3,(H,31,35)(H,32,38)(H,36,37). The fourth-order valence-corrected chi connectivity index (χ4v) is 6.15. The van der Waals surface area contributed by atoms with Gasteiger partial charge in [-0.1, -0.05) is 97.8 Å². The van der Waals surface area contributed by atoms with Crippen molar-refractivity contribution in [3.05, 3.63) is 0 Å². The number of rotatable bonds is 18. The minimum absolute atomic E-state index is 0.0207. The molecule has 0 heterocycles. The van der Waals surface area contributed by atoms with E-state index in [1.807, 2.05) is 0 Å². The van der Waals surface area contributed by atoms with Gasteiger partial charge in [0.15, 0.2) is 0 Å². The number of nitrogens with one attached hydrogen (secondary N) is 2. The largest absolute Gasteiger partial charge is 0.481 e. The zero-order chi connectivity index (χ0) is 28.2. The molecule has 2 amide bonds. The van der Waals surface area contributed by atoms with Crippen molar-refractivity contribution in [3.8, 4) is 0 Å². The van der Waals surface area contributed by atoms with E-state index in [-0.39, 0.29) is 19.1 Å².